The van der Waals surface area contributed by atoms with E-state index in [-0.39, 0.29) is 18.7 Å². The largest absolute Gasteiger partial charge is 0.396 e. The number of aryl methyl sites for hydroxylation is 1. The van der Waals surface area contributed by atoms with Gasteiger partial charge in [-0.15, -0.1) is 0 Å². The van der Waals surface area contributed by atoms with E-state index in [1.165, 1.54) is 0 Å². The maximum atomic E-state index is 12.7. The number of hydrogen-bond donors (Lipinski definition) is 2. The molecule has 1 saturated heterocycles. The van der Waals surface area contributed by atoms with E-state index in [1.54, 1.807) is 0 Å². The molecule has 2 N–H and O–H groups in total. The van der Waals surface area contributed by atoms with Crippen molar-refractivity contribution in [2.24, 2.45) is 0 Å². The SMILES string of the molecule is Cc1cc(Br)c2ccccc2c1NC(=O)N1CCCC1CCO. The van der Waals surface area contributed by atoms with Gasteiger partial charge in [0.2, 0.25) is 0 Å². The average molecular weight is 377 g/mol. The summed E-state index contributed by atoms with van der Waals surface area (Å²) < 4.78 is 1.03. The number of halogens is 1. The fraction of sp³-hybridized carbons (Fsp3) is 0.389. The first-order chi connectivity index (χ1) is 11.1. The standard InChI is InChI=1S/C18H21BrN2O2/c1-12-11-16(19)14-6-2-3-7-15(14)17(12)20-18(23)21-9-4-5-13(21)8-10-22/h2-3,6-7,11,13,22H,4-5,8-10H2,1H3,(H,20,23). The Bertz CT molecular complexity index is 732. The molecule has 1 heterocycles. The number of rotatable bonds is 3. The molecular formula is C18H21BrN2O2. The number of anilines is 1. The van der Waals surface area contributed by atoms with Crippen LogP contribution in [-0.4, -0.2) is 35.2 Å². The third-order valence-electron chi connectivity index (χ3n) is 4.52. The molecule has 1 aliphatic heterocycles. The zero-order valence-corrected chi connectivity index (χ0v) is 14.8. The number of hydrogen-bond acceptors (Lipinski definition) is 2. The van der Waals surface area contributed by atoms with Crippen molar-refractivity contribution in [3.8, 4) is 0 Å². The van der Waals surface area contributed by atoms with E-state index in [2.05, 4.69) is 21.2 Å². The van der Waals surface area contributed by atoms with E-state index < -0.39 is 0 Å². The highest BCUT2D eigenvalue weighted by Gasteiger charge is 2.28. The first-order valence-corrected chi connectivity index (χ1v) is 8.77. The monoisotopic (exact) mass is 376 g/mol. The molecule has 2 amide bonds. The molecular weight excluding hydrogens is 356 g/mol. The molecule has 2 aromatic carbocycles. The molecule has 1 fully saturated rings. The van der Waals surface area contributed by atoms with Crippen LogP contribution in [0.15, 0.2) is 34.8 Å². The van der Waals surface area contributed by atoms with E-state index in [4.69, 9.17) is 5.11 Å². The van der Waals surface area contributed by atoms with Crippen molar-refractivity contribution >= 4 is 38.4 Å². The quantitative estimate of drug-likeness (QED) is 0.839. The lowest BCUT2D eigenvalue weighted by Crippen LogP contribution is -2.39. The van der Waals surface area contributed by atoms with Gasteiger partial charge in [0.25, 0.3) is 0 Å². The lowest BCUT2D eigenvalue weighted by molar-refractivity contribution is 0.189. The summed E-state index contributed by atoms with van der Waals surface area (Å²) in [5.41, 5.74) is 1.89. The summed E-state index contributed by atoms with van der Waals surface area (Å²) in [5.74, 6) is 0. The molecule has 0 bridgehead atoms. The number of nitrogens with zero attached hydrogens (tertiary/aromatic N) is 1. The minimum Gasteiger partial charge on any atom is -0.396 e. The first kappa shape index (κ1) is 16.3. The van der Waals surface area contributed by atoms with Crippen LogP contribution in [0.2, 0.25) is 0 Å². The van der Waals surface area contributed by atoms with Gasteiger partial charge in [-0.2, -0.15) is 0 Å². The second-order valence-corrected chi connectivity index (χ2v) is 6.88. The summed E-state index contributed by atoms with van der Waals surface area (Å²) in [7, 11) is 0. The number of fused-ring (bicyclic) bond motifs is 1. The van der Waals surface area contributed by atoms with E-state index in [0.717, 1.165) is 45.9 Å². The highest BCUT2D eigenvalue weighted by Crippen LogP contribution is 2.34. The maximum Gasteiger partial charge on any atom is 0.322 e. The minimum absolute atomic E-state index is 0.0727. The summed E-state index contributed by atoms with van der Waals surface area (Å²) in [5, 5.41) is 14.4. The average Bonchev–Trinajstić information content (AvgIpc) is 3.00. The molecule has 23 heavy (non-hydrogen) atoms. The zero-order valence-electron chi connectivity index (χ0n) is 13.2. The van der Waals surface area contributed by atoms with Gasteiger partial charge in [0.05, 0.1) is 5.69 Å². The van der Waals surface area contributed by atoms with Crippen molar-refractivity contribution in [2.75, 3.05) is 18.5 Å². The fourth-order valence-electron chi connectivity index (χ4n) is 3.36. The topological polar surface area (TPSA) is 52.6 Å². The molecule has 1 atom stereocenters. The van der Waals surface area contributed by atoms with E-state index in [9.17, 15) is 4.79 Å². The molecule has 3 rings (SSSR count). The second kappa shape index (κ2) is 6.89. The van der Waals surface area contributed by atoms with E-state index >= 15 is 0 Å². The Labute approximate surface area is 144 Å². The van der Waals surface area contributed by atoms with Crippen LogP contribution in [0.25, 0.3) is 10.8 Å². The number of likely N-dealkylation sites (tertiary alicyclic amines) is 1. The molecule has 1 aliphatic rings. The second-order valence-electron chi connectivity index (χ2n) is 6.03. The Balaban J connectivity index is 1.91. The van der Waals surface area contributed by atoms with Gasteiger partial charge in [-0.25, -0.2) is 4.79 Å². The van der Waals surface area contributed by atoms with Gasteiger partial charge in [0.15, 0.2) is 0 Å². The molecule has 4 nitrogen and oxygen atoms in total. The van der Waals surface area contributed by atoms with Gasteiger partial charge in [0, 0.05) is 29.1 Å². The first-order valence-electron chi connectivity index (χ1n) is 7.98. The molecule has 5 heteroatoms. The van der Waals surface area contributed by atoms with Crippen LogP contribution in [0.1, 0.15) is 24.8 Å². The number of amides is 2. The number of nitrogens with one attached hydrogen (secondary N) is 1. The lowest BCUT2D eigenvalue weighted by atomic mass is 10.0. The van der Waals surface area contributed by atoms with Crippen LogP contribution < -0.4 is 5.32 Å². The molecule has 0 aliphatic carbocycles. The molecule has 0 radical (unpaired) electrons. The van der Waals surface area contributed by atoms with Gasteiger partial charge in [-0.3, -0.25) is 0 Å². The van der Waals surface area contributed by atoms with Gasteiger partial charge in [-0.05, 0) is 43.2 Å². The Morgan fingerprint density at radius 2 is 2.13 bits per heavy atom. The summed E-state index contributed by atoms with van der Waals surface area (Å²) in [4.78, 5) is 14.6. The van der Waals surface area contributed by atoms with E-state index in [1.807, 2.05) is 42.2 Å². The van der Waals surface area contributed by atoms with Gasteiger partial charge in [-0.1, -0.05) is 40.2 Å². The van der Waals surface area contributed by atoms with Crippen LogP contribution in [0.5, 0.6) is 0 Å². The number of carbonyl (C=O) groups excluding carboxylic acids is 1. The number of aliphatic hydroxyl groups is 1. The minimum atomic E-state index is -0.0727. The molecule has 122 valence electrons. The van der Waals surface area contributed by atoms with Crippen molar-refractivity contribution < 1.29 is 9.90 Å². The Hall–Kier alpha value is -1.59. The van der Waals surface area contributed by atoms with Crippen LogP contribution in [0.4, 0.5) is 10.5 Å². The van der Waals surface area contributed by atoms with Gasteiger partial charge >= 0.3 is 6.03 Å². The van der Waals surface area contributed by atoms with Gasteiger partial charge < -0.3 is 15.3 Å². The van der Waals surface area contributed by atoms with Gasteiger partial charge in [0.1, 0.15) is 0 Å². The van der Waals surface area contributed by atoms with Crippen molar-refractivity contribution in [2.45, 2.75) is 32.2 Å². The van der Waals surface area contributed by atoms with Crippen LogP contribution >= 0.6 is 15.9 Å². The third-order valence-corrected chi connectivity index (χ3v) is 5.18. The lowest BCUT2D eigenvalue weighted by Gasteiger charge is -2.25. The highest BCUT2D eigenvalue weighted by molar-refractivity contribution is 9.10. The summed E-state index contributed by atoms with van der Waals surface area (Å²) >= 11 is 3.59. The Kier molecular flexibility index (Phi) is 4.87. The molecule has 0 spiro atoms. The number of benzene rings is 2. The molecule has 2 aromatic rings. The number of urea groups is 1. The normalized spacial score (nSPS) is 17.7. The predicted molar refractivity (Wildman–Crippen MR) is 96.8 cm³/mol. The molecule has 1 unspecified atom stereocenters. The predicted octanol–water partition coefficient (Wildman–Crippen LogP) is 4.29. The van der Waals surface area contributed by atoms with Crippen LogP contribution in [-0.2, 0) is 0 Å². The summed E-state index contributed by atoms with van der Waals surface area (Å²) in [6.45, 7) is 2.88. The zero-order chi connectivity index (χ0) is 16.4. The summed E-state index contributed by atoms with van der Waals surface area (Å²) in [6, 6.07) is 10.1. The van der Waals surface area contributed by atoms with Crippen molar-refractivity contribution in [3.63, 3.8) is 0 Å². The number of carbonyl (C=O) groups is 1. The van der Waals surface area contributed by atoms with Crippen LogP contribution in [0.3, 0.4) is 0 Å². The number of aliphatic hydroxyl groups excluding tert-OH is 1. The van der Waals surface area contributed by atoms with Crippen molar-refractivity contribution in [1.82, 2.24) is 4.90 Å². The van der Waals surface area contributed by atoms with Crippen LogP contribution in [0, 0.1) is 6.92 Å². The Morgan fingerprint density at radius 1 is 1.39 bits per heavy atom. The summed E-state index contributed by atoms with van der Waals surface area (Å²) in [6.07, 6.45) is 2.61. The van der Waals surface area contributed by atoms with Crippen molar-refractivity contribution in [3.05, 3.63) is 40.4 Å². The maximum absolute atomic E-state index is 12.7. The van der Waals surface area contributed by atoms with Crippen molar-refractivity contribution in [1.29, 1.82) is 0 Å². The molecule has 0 aromatic heterocycles. The molecule has 0 saturated carbocycles. The smallest absolute Gasteiger partial charge is 0.322 e. The third kappa shape index (κ3) is 3.21. The Morgan fingerprint density at radius 3 is 2.87 bits per heavy atom. The fourth-order valence-corrected chi connectivity index (χ4v) is 4.05. The highest BCUT2D eigenvalue weighted by atomic mass is 79.9. The van der Waals surface area contributed by atoms with E-state index in [0.29, 0.717) is 6.42 Å².